The van der Waals surface area contributed by atoms with Gasteiger partial charge in [0.2, 0.25) is 0 Å². The van der Waals surface area contributed by atoms with E-state index in [0.717, 1.165) is 5.56 Å². The molecule has 0 saturated carbocycles. The molecule has 0 aliphatic carbocycles. The van der Waals surface area contributed by atoms with E-state index in [1.54, 1.807) is 6.07 Å². The molecule has 2 rings (SSSR count). The third kappa shape index (κ3) is 2.86. The highest BCUT2D eigenvalue weighted by Crippen LogP contribution is 2.24. The van der Waals surface area contributed by atoms with E-state index >= 15 is 0 Å². The Morgan fingerprint density at radius 2 is 2.18 bits per heavy atom. The van der Waals surface area contributed by atoms with Crippen molar-refractivity contribution in [2.45, 2.75) is 10.8 Å². The van der Waals surface area contributed by atoms with Crippen LogP contribution in [0.15, 0.2) is 15.7 Å². The number of morpholine rings is 1. The zero-order valence-corrected chi connectivity index (χ0v) is 11.3. The van der Waals surface area contributed by atoms with E-state index in [1.165, 1.54) is 15.6 Å². The second-order valence-electron chi connectivity index (χ2n) is 3.82. The van der Waals surface area contributed by atoms with Crippen LogP contribution in [0, 0.1) is 0 Å². The van der Waals surface area contributed by atoms with E-state index in [2.05, 4.69) is 5.32 Å². The topological polar surface area (TPSA) is 58.6 Å². The van der Waals surface area contributed by atoms with E-state index in [-0.39, 0.29) is 0 Å². The average molecular weight is 276 g/mol. The molecule has 17 heavy (non-hydrogen) atoms. The van der Waals surface area contributed by atoms with E-state index < -0.39 is 10.0 Å². The normalized spacial score (nSPS) is 18.4. The molecule has 96 valence electrons. The smallest absolute Gasteiger partial charge is 0.252 e. The largest absolute Gasteiger partial charge is 0.379 e. The number of thiophene rings is 1. The van der Waals surface area contributed by atoms with Crippen molar-refractivity contribution >= 4 is 21.4 Å². The quantitative estimate of drug-likeness (QED) is 0.869. The van der Waals surface area contributed by atoms with Crippen LogP contribution in [0.25, 0.3) is 0 Å². The third-order valence-corrected chi connectivity index (χ3v) is 5.94. The van der Waals surface area contributed by atoms with E-state index in [9.17, 15) is 8.42 Å². The molecule has 5 nitrogen and oxygen atoms in total. The van der Waals surface area contributed by atoms with Gasteiger partial charge < -0.3 is 10.1 Å². The van der Waals surface area contributed by atoms with Crippen molar-refractivity contribution in [1.29, 1.82) is 0 Å². The summed E-state index contributed by atoms with van der Waals surface area (Å²) in [5.41, 5.74) is 1.00. The van der Waals surface area contributed by atoms with Crippen molar-refractivity contribution in [2.24, 2.45) is 0 Å². The molecule has 0 radical (unpaired) electrons. The molecule has 0 amide bonds. The van der Waals surface area contributed by atoms with Crippen molar-refractivity contribution < 1.29 is 13.2 Å². The second kappa shape index (κ2) is 5.45. The maximum atomic E-state index is 12.3. The van der Waals surface area contributed by atoms with Gasteiger partial charge >= 0.3 is 0 Å². The van der Waals surface area contributed by atoms with Gasteiger partial charge in [0.05, 0.1) is 13.2 Å². The van der Waals surface area contributed by atoms with Gasteiger partial charge in [0, 0.05) is 19.6 Å². The van der Waals surface area contributed by atoms with Crippen LogP contribution in [-0.2, 0) is 21.3 Å². The maximum Gasteiger partial charge on any atom is 0.252 e. The molecule has 1 aromatic heterocycles. The van der Waals surface area contributed by atoms with Crippen molar-refractivity contribution in [2.75, 3.05) is 33.4 Å². The first-order chi connectivity index (χ1) is 8.14. The molecule has 1 aliphatic rings. The lowest BCUT2D eigenvalue weighted by molar-refractivity contribution is 0.0731. The molecule has 0 aromatic carbocycles. The molecule has 1 aliphatic heterocycles. The van der Waals surface area contributed by atoms with Crippen molar-refractivity contribution in [3.8, 4) is 0 Å². The molecule has 0 atom stereocenters. The van der Waals surface area contributed by atoms with Gasteiger partial charge in [-0.1, -0.05) is 0 Å². The molecule has 7 heteroatoms. The van der Waals surface area contributed by atoms with E-state index in [1.807, 2.05) is 12.4 Å². The van der Waals surface area contributed by atoms with Gasteiger partial charge in [0.25, 0.3) is 10.0 Å². The van der Waals surface area contributed by atoms with Gasteiger partial charge in [-0.15, -0.1) is 11.3 Å². The summed E-state index contributed by atoms with van der Waals surface area (Å²) < 4.78 is 31.6. The minimum absolute atomic E-state index is 0.421. The molecular formula is C10H16N2O3S2. The molecule has 0 bridgehead atoms. The zero-order chi connectivity index (χ0) is 12.3. The predicted molar refractivity (Wildman–Crippen MR) is 66.7 cm³/mol. The summed E-state index contributed by atoms with van der Waals surface area (Å²) in [4.78, 5) is 0. The fourth-order valence-electron chi connectivity index (χ4n) is 1.70. The Bertz CT molecular complexity index is 464. The van der Waals surface area contributed by atoms with Gasteiger partial charge in [-0.25, -0.2) is 8.42 Å². The summed E-state index contributed by atoms with van der Waals surface area (Å²) in [6.45, 7) is 2.54. The monoisotopic (exact) mass is 276 g/mol. The first-order valence-corrected chi connectivity index (χ1v) is 7.76. The fraction of sp³-hybridized carbons (Fsp3) is 0.600. The van der Waals surface area contributed by atoms with Crippen molar-refractivity contribution in [1.82, 2.24) is 9.62 Å². The summed E-state index contributed by atoms with van der Waals surface area (Å²) >= 11 is 1.28. The Kier molecular flexibility index (Phi) is 4.16. The van der Waals surface area contributed by atoms with Crippen LogP contribution in [0.4, 0.5) is 0 Å². The molecule has 2 heterocycles. The summed E-state index contributed by atoms with van der Waals surface area (Å²) in [5, 5.41) is 4.89. The summed E-state index contributed by atoms with van der Waals surface area (Å²) in [7, 11) is -1.47. The molecule has 1 N–H and O–H groups in total. The van der Waals surface area contributed by atoms with Crippen molar-refractivity contribution in [3.63, 3.8) is 0 Å². The van der Waals surface area contributed by atoms with Gasteiger partial charge in [0.15, 0.2) is 0 Å². The summed E-state index contributed by atoms with van der Waals surface area (Å²) in [6.07, 6.45) is 0. The van der Waals surface area contributed by atoms with Crippen LogP contribution >= 0.6 is 11.3 Å². The third-order valence-electron chi connectivity index (χ3n) is 2.57. The number of sulfonamides is 1. The van der Waals surface area contributed by atoms with Crippen molar-refractivity contribution in [3.05, 3.63) is 17.0 Å². The van der Waals surface area contributed by atoms with Crippen LogP contribution in [0.2, 0.25) is 0 Å². The number of nitrogens with one attached hydrogen (secondary N) is 1. The van der Waals surface area contributed by atoms with Crippen LogP contribution in [-0.4, -0.2) is 46.1 Å². The lowest BCUT2D eigenvalue weighted by atomic mass is 10.3. The summed E-state index contributed by atoms with van der Waals surface area (Å²) in [5.74, 6) is 0. The number of ether oxygens (including phenoxy) is 1. The minimum atomic E-state index is -3.32. The average Bonchev–Trinajstić information content (AvgIpc) is 2.80. The van der Waals surface area contributed by atoms with Gasteiger partial charge in [-0.3, -0.25) is 0 Å². The first kappa shape index (κ1) is 13.0. The van der Waals surface area contributed by atoms with Gasteiger partial charge in [-0.05, 0) is 24.1 Å². The Balaban J connectivity index is 2.18. The molecular weight excluding hydrogens is 260 g/mol. The lowest BCUT2D eigenvalue weighted by Crippen LogP contribution is -2.40. The number of rotatable bonds is 4. The number of hydrogen-bond donors (Lipinski definition) is 1. The number of hydrogen-bond acceptors (Lipinski definition) is 5. The highest BCUT2D eigenvalue weighted by molar-refractivity contribution is 7.91. The maximum absolute atomic E-state index is 12.3. The Morgan fingerprint density at radius 1 is 1.47 bits per heavy atom. The van der Waals surface area contributed by atoms with Crippen LogP contribution in [0.1, 0.15) is 5.56 Å². The van der Waals surface area contributed by atoms with Gasteiger partial charge in [-0.2, -0.15) is 4.31 Å². The Labute approximate surface area is 105 Å². The van der Waals surface area contributed by atoms with E-state index in [0.29, 0.717) is 37.1 Å². The van der Waals surface area contributed by atoms with Crippen LogP contribution in [0.3, 0.4) is 0 Å². The molecule has 0 unspecified atom stereocenters. The highest BCUT2D eigenvalue weighted by atomic mass is 32.2. The number of nitrogens with zero attached hydrogens (tertiary/aromatic N) is 1. The minimum Gasteiger partial charge on any atom is -0.379 e. The van der Waals surface area contributed by atoms with Crippen LogP contribution in [0.5, 0.6) is 0 Å². The summed E-state index contributed by atoms with van der Waals surface area (Å²) in [6, 6.07) is 1.74. The molecule has 1 saturated heterocycles. The zero-order valence-electron chi connectivity index (χ0n) is 9.68. The molecule has 1 aromatic rings. The standard InChI is InChI=1S/C10H16N2O3S2/c1-11-7-9-6-10(16-8-9)17(13,14)12-2-4-15-5-3-12/h6,8,11H,2-5,7H2,1H3. The van der Waals surface area contributed by atoms with E-state index in [4.69, 9.17) is 4.74 Å². The molecule has 0 spiro atoms. The fourth-order valence-corrected chi connectivity index (χ4v) is 4.47. The Morgan fingerprint density at radius 3 is 2.82 bits per heavy atom. The first-order valence-electron chi connectivity index (χ1n) is 5.44. The predicted octanol–water partition coefficient (Wildman–Crippen LogP) is 0.488. The molecule has 1 fully saturated rings. The highest BCUT2D eigenvalue weighted by Gasteiger charge is 2.27. The second-order valence-corrected chi connectivity index (χ2v) is 6.90. The van der Waals surface area contributed by atoms with Gasteiger partial charge in [0.1, 0.15) is 4.21 Å². The lowest BCUT2D eigenvalue weighted by Gasteiger charge is -2.25. The Hall–Kier alpha value is -0.470. The van der Waals surface area contributed by atoms with Crippen LogP contribution < -0.4 is 5.32 Å². The SMILES string of the molecule is CNCc1csc(S(=O)(=O)N2CCOCC2)c1.